The summed E-state index contributed by atoms with van der Waals surface area (Å²) in [5.41, 5.74) is 11.3. The molecule has 2 heterocycles. The van der Waals surface area contributed by atoms with Crippen molar-refractivity contribution < 1.29 is 0 Å². The van der Waals surface area contributed by atoms with Gasteiger partial charge in [0.15, 0.2) is 0 Å². The Labute approximate surface area is 364 Å². The number of rotatable bonds is 9. The molecule has 0 aliphatic carbocycles. The summed E-state index contributed by atoms with van der Waals surface area (Å²) in [5.74, 6) is 0. The summed E-state index contributed by atoms with van der Waals surface area (Å²) in [4.78, 5) is 4.84. The quantitative estimate of drug-likeness (QED) is 0.143. The lowest BCUT2D eigenvalue weighted by Gasteiger charge is -2.30. The largest absolute Gasteiger partial charge is 0.310 e. The summed E-state index contributed by atoms with van der Waals surface area (Å²) in [6, 6.07) is 80.1. The molecule has 0 aliphatic rings. The standard InChI is InChI=1S/C57H42N2S2/c1-57(2,41-16-6-3-7-17-41)42-28-26-39(27-29-42)40-34-47(58(43-18-8-4-9-19-43)45-30-32-51-49-22-12-14-24-53(49)60-55(51)37-45)36-48(35-40)59(44-20-10-5-11-21-44)46-31-33-52-50-23-13-15-25-54(50)61-56(52)38-46/h3-38H,1-2H3. The fraction of sp³-hybridized carbons (Fsp3) is 0.0526. The summed E-state index contributed by atoms with van der Waals surface area (Å²) < 4.78 is 5.15. The molecule has 0 amide bonds. The average molecular weight is 819 g/mol. The van der Waals surface area contributed by atoms with Crippen molar-refractivity contribution in [3.05, 3.63) is 230 Å². The Morgan fingerprint density at radius 1 is 0.295 bits per heavy atom. The third kappa shape index (κ3) is 6.75. The maximum Gasteiger partial charge on any atom is 0.0488 e. The lowest BCUT2D eigenvalue weighted by Crippen LogP contribution is -2.18. The van der Waals surface area contributed by atoms with Gasteiger partial charge in [-0.25, -0.2) is 0 Å². The highest BCUT2D eigenvalue weighted by Gasteiger charge is 2.24. The zero-order valence-electron chi connectivity index (χ0n) is 34.0. The van der Waals surface area contributed by atoms with Crippen molar-refractivity contribution in [3.8, 4) is 11.1 Å². The molecule has 4 heteroatoms. The molecule has 0 aliphatic heterocycles. The molecule has 0 radical (unpaired) electrons. The normalized spacial score (nSPS) is 11.8. The van der Waals surface area contributed by atoms with E-state index in [1.54, 1.807) is 0 Å². The molecule has 0 bridgehead atoms. The van der Waals surface area contributed by atoms with Gasteiger partial charge in [0, 0.05) is 79.9 Å². The Morgan fingerprint density at radius 3 is 1.20 bits per heavy atom. The third-order valence-electron chi connectivity index (χ3n) is 12.1. The van der Waals surface area contributed by atoms with Gasteiger partial charge in [-0.2, -0.15) is 0 Å². The van der Waals surface area contributed by atoms with E-state index in [0.29, 0.717) is 0 Å². The van der Waals surface area contributed by atoms with E-state index in [1.807, 2.05) is 22.7 Å². The number of fused-ring (bicyclic) bond motifs is 6. The molecule has 11 rings (SSSR count). The fourth-order valence-corrected chi connectivity index (χ4v) is 11.2. The Kier molecular flexibility index (Phi) is 9.26. The van der Waals surface area contributed by atoms with Crippen LogP contribution in [0.4, 0.5) is 34.1 Å². The zero-order chi connectivity index (χ0) is 40.9. The zero-order valence-corrected chi connectivity index (χ0v) is 35.6. The van der Waals surface area contributed by atoms with Crippen LogP contribution < -0.4 is 9.80 Å². The molecule has 0 saturated carbocycles. The van der Waals surface area contributed by atoms with Crippen molar-refractivity contribution in [1.29, 1.82) is 0 Å². The van der Waals surface area contributed by atoms with E-state index in [9.17, 15) is 0 Å². The Balaban J connectivity index is 1.13. The molecule has 9 aromatic carbocycles. The van der Waals surface area contributed by atoms with Gasteiger partial charge in [0.05, 0.1) is 0 Å². The first-order valence-electron chi connectivity index (χ1n) is 20.8. The van der Waals surface area contributed by atoms with Crippen molar-refractivity contribution in [2.24, 2.45) is 0 Å². The van der Waals surface area contributed by atoms with E-state index in [-0.39, 0.29) is 5.41 Å². The van der Waals surface area contributed by atoms with Crippen LogP contribution in [0.25, 0.3) is 51.5 Å². The first-order valence-corrected chi connectivity index (χ1v) is 22.5. The highest BCUT2D eigenvalue weighted by atomic mass is 32.1. The van der Waals surface area contributed by atoms with E-state index in [2.05, 4.69) is 242 Å². The maximum absolute atomic E-state index is 2.42. The summed E-state index contributed by atoms with van der Waals surface area (Å²) in [5, 5.41) is 5.18. The van der Waals surface area contributed by atoms with Crippen LogP contribution in [-0.2, 0) is 5.41 Å². The van der Waals surface area contributed by atoms with Gasteiger partial charge in [0.25, 0.3) is 0 Å². The number of anilines is 6. The minimum absolute atomic E-state index is 0.141. The van der Waals surface area contributed by atoms with E-state index in [4.69, 9.17) is 0 Å². The minimum atomic E-state index is -0.141. The fourth-order valence-electron chi connectivity index (χ4n) is 8.88. The third-order valence-corrected chi connectivity index (χ3v) is 14.4. The smallest absolute Gasteiger partial charge is 0.0488 e. The summed E-state index contributed by atoms with van der Waals surface area (Å²) in [7, 11) is 0. The van der Waals surface area contributed by atoms with E-state index in [1.165, 1.54) is 51.5 Å². The SMILES string of the molecule is CC(C)(c1ccccc1)c1ccc(-c2cc(N(c3ccccc3)c3ccc4c(c3)sc3ccccc34)cc(N(c3ccccc3)c3ccc4c(c3)sc3ccccc34)c2)cc1. The van der Waals surface area contributed by atoms with Crippen LogP contribution >= 0.6 is 22.7 Å². The molecule has 61 heavy (non-hydrogen) atoms. The minimum Gasteiger partial charge on any atom is -0.310 e. The molecule has 11 aromatic rings. The number of benzene rings is 9. The molecule has 0 unspecified atom stereocenters. The molecule has 0 N–H and O–H groups in total. The Morgan fingerprint density at radius 2 is 0.705 bits per heavy atom. The second-order valence-corrected chi connectivity index (χ2v) is 18.4. The molecule has 2 aromatic heterocycles. The second-order valence-electron chi connectivity index (χ2n) is 16.2. The lowest BCUT2D eigenvalue weighted by atomic mass is 9.78. The molecule has 292 valence electrons. The van der Waals surface area contributed by atoms with Crippen LogP contribution in [0, 0.1) is 0 Å². The summed E-state index contributed by atoms with van der Waals surface area (Å²) in [6.45, 7) is 4.62. The van der Waals surface area contributed by atoms with Crippen LogP contribution in [0.15, 0.2) is 218 Å². The predicted molar refractivity (Wildman–Crippen MR) is 266 cm³/mol. The van der Waals surface area contributed by atoms with Gasteiger partial charge in [0.2, 0.25) is 0 Å². The van der Waals surface area contributed by atoms with Crippen molar-refractivity contribution in [2.75, 3.05) is 9.80 Å². The van der Waals surface area contributed by atoms with Crippen molar-refractivity contribution >= 4 is 97.1 Å². The van der Waals surface area contributed by atoms with Crippen molar-refractivity contribution in [2.45, 2.75) is 19.3 Å². The molecule has 0 saturated heterocycles. The van der Waals surface area contributed by atoms with Gasteiger partial charge in [-0.1, -0.05) is 153 Å². The van der Waals surface area contributed by atoms with Crippen LogP contribution in [0.1, 0.15) is 25.0 Å². The second kappa shape index (κ2) is 15.2. The molecule has 0 fully saturated rings. The number of hydrogen-bond donors (Lipinski definition) is 0. The molecule has 0 spiro atoms. The van der Waals surface area contributed by atoms with Crippen molar-refractivity contribution in [3.63, 3.8) is 0 Å². The van der Waals surface area contributed by atoms with Gasteiger partial charge >= 0.3 is 0 Å². The summed E-state index contributed by atoms with van der Waals surface area (Å²) >= 11 is 3.71. The van der Waals surface area contributed by atoms with Gasteiger partial charge in [-0.3, -0.25) is 0 Å². The highest BCUT2D eigenvalue weighted by molar-refractivity contribution is 7.26. The van der Waals surface area contributed by atoms with Crippen LogP contribution in [0.3, 0.4) is 0 Å². The molecular formula is C57H42N2S2. The first kappa shape index (κ1) is 37.1. The number of thiophene rings is 2. The van der Waals surface area contributed by atoms with Crippen molar-refractivity contribution in [1.82, 2.24) is 0 Å². The monoisotopic (exact) mass is 818 g/mol. The van der Waals surface area contributed by atoms with Gasteiger partial charge in [0.1, 0.15) is 0 Å². The molecular weight excluding hydrogens is 777 g/mol. The maximum atomic E-state index is 2.42. The number of nitrogens with zero attached hydrogens (tertiary/aromatic N) is 2. The predicted octanol–water partition coefficient (Wildman–Crippen LogP) is 17.4. The van der Waals surface area contributed by atoms with Gasteiger partial charge in [-0.05, 0) is 101 Å². The van der Waals surface area contributed by atoms with Gasteiger partial charge < -0.3 is 9.80 Å². The lowest BCUT2D eigenvalue weighted by molar-refractivity contribution is 0.641. The van der Waals surface area contributed by atoms with Crippen LogP contribution in [0.2, 0.25) is 0 Å². The van der Waals surface area contributed by atoms with Crippen LogP contribution in [-0.4, -0.2) is 0 Å². The van der Waals surface area contributed by atoms with Crippen LogP contribution in [0.5, 0.6) is 0 Å². The number of para-hydroxylation sites is 2. The first-order chi connectivity index (χ1) is 30.0. The highest BCUT2D eigenvalue weighted by Crippen LogP contribution is 2.46. The van der Waals surface area contributed by atoms with E-state index >= 15 is 0 Å². The Hall–Kier alpha value is -6.98. The van der Waals surface area contributed by atoms with Gasteiger partial charge in [-0.15, -0.1) is 22.7 Å². The number of hydrogen-bond acceptors (Lipinski definition) is 4. The van der Waals surface area contributed by atoms with E-state index in [0.717, 1.165) is 45.3 Å². The summed E-state index contributed by atoms with van der Waals surface area (Å²) in [6.07, 6.45) is 0. The topological polar surface area (TPSA) is 6.48 Å². The average Bonchev–Trinajstić information content (AvgIpc) is 3.88. The van der Waals surface area contributed by atoms with E-state index < -0.39 is 0 Å². The Bertz CT molecular complexity index is 3150. The molecule has 2 nitrogen and oxygen atoms in total. The molecule has 0 atom stereocenters.